The van der Waals surface area contributed by atoms with Crippen LogP contribution in [-0.4, -0.2) is 25.3 Å². The molecule has 106 valence electrons. The molecule has 4 nitrogen and oxygen atoms in total. The van der Waals surface area contributed by atoms with Gasteiger partial charge in [0, 0.05) is 19.1 Å². The second kappa shape index (κ2) is 5.23. The zero-order valence-corrected chi connectivity index (χ0v) is 12.6. The van der Waals surface area contributed by atoms with Gasteiger partial charge in [0.25, 0.3) is 0 Å². The van der Waals surface area contributed by atoms with Crippen LogP contribution in [0.25, 0.3) is 0 Å². The Bertz CT molecular complexity index is 569. The summed E-state index contributed by atoms with van der Waals surface area (Å²) in [4.78, 5) is 0.378. The van der Waals surface area contributed by atoms with Gasteiger partial charge in [-0.05, 0) is 49.4 Å². The minimum Gasteiger partial charge on any atom is -0.326 e. The summed E-state index contributed by atoms with van der Waals surface area (Å²) < 4.78 is 26.9. The number of aryl methyl sites for hydroxylation is 1. The van der Waals surface area contributed by atoms with Gasteiger partial charge in [-0.15, -0.1) is 0 Å². The van der Waals surface area contributed by atoms with E-state index in [9.17, 15) is 8.42 Å². The molecule has 0 bridgehead atoms. The van der Waals surface area contributed by atoms with Crippen molar-refractivity contribution in [3.8, 4) is 0 Å². The molecule has 2 rings (SSSR count). The fraction of sp³-hybridized carbons (Fsp3) is 0.571. The molecule has 1 aliphatic rings. The highest BCUT2D eigenvalue weighted by atomic mass is 32.2. The smallest absolute Gasteiger partial charge is 0.243 e. The van der Waals surface area contributed by atoms with Gasteiger partial charge in [-0.25, -0.2) is 8.42 Å². The van der Waals surface area contributed by atoms with Gasteiger partial charge in [0.15, 0.2) is 0 Å². The molecule has 0 spiro atoms. The van der Waals surface area contributed by atoms with E-state index in [0.717, 1.165) is 17.5 Å². The normalized spacial score (nSPS) is 24.8. The van der Waals surface area contributed by atoms with E-state index < -0.39 is 10.0 Å². The van der Waals surface area contributed by atoms with Crippen molar-refractivity contribution in [1.82, 2.24) is 4.31 Å². The van der Waals surface area contributed by atoms with Crippen molar-refractivity contribution in [2.45, 2.75) is 44.7 Å². The van der Waals surface area contributed by atoms with E-state index in [2.05, 4.69) is 6.92 Å². The average Bonchev–Trinajstić information content (AvgIpc) is 2.69. The Kier molecular flexibility index (Phi) is 3.99. The van der Waals surface area contributed by atoms with Crippen LogP contribution in [0.3, 0.4) is 0 Å². The van der Waals surface area contributed by atoms with Crippen LogP contribution >= 0.6 is 0 Å². The van der Waals surface area contributed by atoms with Gasteiger partial charge in [-0.2, -0.15) is 4.31 Å². The quantitative estimate of drug-likeness (QED) is 0.920. The molecule has 19 heavy (non-hydrogen) atoms. The van der Waals surface area contributed by atoms with E-state index in [1.807, 2.05) is 19.9 Å². The number of benzene rings is 1. The minimum atomic E-state index is -3.38. The lowest BCUT2D eigenvalue weighted by Crippen LogP contribution is -2.34. The van der Waals surface area contributed by atoms with E-state index in [0.29, 0.717) is 23.9 Å². The fourth-order valence-electron chi connectivity index (χ4n) is 2.79. The van der Waals surface area contributed by atoms with Crippen molar-refractivity contribution in [1.29, 1.82) is 0 Å². The summed E-state index contributed by atoms with van der Waals surface area (Å²) in [6.07, 6.45) is 0.930. The van der Waals surface area contributed by atoms with Crippen LogP contribution in [0.4, 0.5) is 0 Å². The Labute approximate surface area is 115 Å². The summed E-state index contributed by atoms with van der Waals surface area (Å²) >= 11 is 0. The second-order valence-electron chi connectivity index (χ2n) is 5.56. The van der Waals surface area contributed by atoms with Crippen LogP contribution in [0.2, 0.25) is 0 Å². The van der Waals surface area contributed by atoms with E-state index in [-0.39, 0.29) is 6.04 Å². The predicted octanol–water partition coefficient (Wildman–Crippen LogP) is 1.87. The first kappa shape index (κ1) is 14.5. The monoisotopic (exact) mass is 282 g/mol. The minimum absolute atomic E-state index is 0.0782. The van der Waals surface area contributed by atoms with Gasteiger partial charge < -0.3 is 5.73 Å². The van der Waals surface area contributed by atoms with Gasteiger partial charge in [-0.1, -0.05) is 13.0 Å². The largest absolute Gasteiger partial charge is 0.326 e. The first-order chi connectivity index (χ1) is 8.86. The van der Waals surface area contributed by atoms with Crippen LogP contribution in [0.5, 0.6) is 0 Å². The zero-order chi connectivity index (χ0) is 14.2. The molecule has 5 heteroatoms. The van der Waals surface area contributed by atoms with Crippen molar-refractivity contribution >= 4 is 10.0 Å². The maximum Gasteiger partial charge on any atom is 0.243 e. The zero-order valence-electron chi connectivity index (χ0n) is 11.8. The third-order valence-electron chi connectivity index (χ3n) is 3.87. The Morgan fingerprint density at radius 1 is 1.37 bits per heavy atom. The van der Waals surface area contributed by atoms with Crippen molar-refractivity contribution < 1.29 is 8.42 Å². The average molecular weight is 282 g/mol. The molecule has 1 aromatic rings. The third kappa shape index (κ3) is 2.68. The van der Waals surface area contributed by atoms with Crippen molar-refractivity contribution in [3.05, 3.63) is 29.3 Å². The number of nitrogens with zero attached hydrogens (tertiary/aromatic N) is 1. The lowest BCUT2D eigenvalue weighted by atomic mass is 10.1. The lowest BCUT2D eigenvalue weighted by molar-refractivity contribution is 0.405. The van der Waals surface area contributed by atoms with Crippen molar-refractivity contribution in [2.24, 2.45) is 11.7 Å². The molecule has 0 aliphatic carbocycles. The summed E-state index contributed by atoms with van der Waals surface area (Å²) in [6.45, 7) is 7.01. The van der Waals surface area contributed by atoms with E-state index in [1.165, 1.54) is 0 Å². The summed E-state index contributed by atoms with van der Waals surface area (Å²) in [6, 6.07) is 5.29. The Morgan fingerprint density at radius 3 is 2.53 bits per heavy atom. The maximum absolute atomic E-state index is 12.6. The van der Waals surface area contributed by atoms with Crippen LogP contribution in [0, 0.1) is 12.8 Å². The Hall–Kier alpha value is -0.910. The van der Waals surface area contributed by atoms with Gasteiger partial charge in [0.2, 0.25) is 10.0 Å². The molecule has 0 aromatic heterocycles. The van der Waals surface area contributed by atoms with Gasteiger partial charge in [0.05, 0.1) is 4.90 Å². The van der Waals surface area contributed by atoms with E-state index in [4.69, 9.17) is 5.73 Å². The Morgan fingerprint density at radius 2 is 2.05 bits per heavy atom. The van der Waals surface area contributed by atoms with E-state index in [1.54, 1.807) is 16.4 Å². The molecule has 1 heterocycles. The molecule has 1 fully saturated rings. The molecular weight excluding hydrogens is 260 g/mol. The second-order valence-corrected chi connectivity index (χ2v) is 7.45. The van der Waals surface area contributed by atoms with Gasteiger partial charge >= 0.3 is 0 Å². The molecule has 2 atom stereocenters. The third-order valence-corrected chi connectivity index (χ3v) is 5.84. The summed E-state index contributed by atoms with van der Waals surface area (Å²) in [5.41, 5.74) is 7.53. The first-order valence-electron chi connectivity index (χ1n) is 6.67. The fourth-order valence-corrected chi connectivity index (χ4v) is 4.64. The number of sulfonamides is 1. The highest BCUT2D eigenvalue weighted by Crippen LogP contribution is 2.29. The van der Waals surface area contributed by atoms with Gasteiger partial charge in [0.1, 0.15) is 0 Å². The van der Waals surface area contributed by atoms with Crippen molar-refractivity contribution in [2.75, 3.05) is 6.54 Å². The van der Waals surface area contributed by atoms with Gasteiger partial charge in [-0.3, -0.25) is 0 Å². The molecular formula is C14H22N2O2S. The SMILES string of the molecule is Cc1cc(S(=O)(=O)N2CC(C)CC2C)ccc1CN. The number of rotatable bonds is 3. The summed E-state index contributed by atoms with van der Waals surface area (Å²) in [5, 5.41) is 0. The Balaban J connectivity index is 2.37. The molecule has 1 saturated heterocycles. The summed E-state index contributed by atoms with van der Waals surface area (Å²) in [5.74, 6) is 0.425. The topological polar surface area (TPSA) is 63.4 Å². The van der Waals surface area contributed by atoms with Crippen molar-refractivity contribution in [3.63, 3.8) is 0 Å². The summed E-state index contributed by atoms with van der Waals surface area (Å²) in [7, 11) is -3.38. The van der Waals surface area contributed by atoms with Crippen LogP contribution < -0.4 is 5.73 Å². The molecule has 1 aliphatic heterocycles. The number of nitrogens with two attached hydrogens (primary N) is 1. The standard InChI is InChI=1S/C14H22N2O2S/c1-10-6-12(3)16(9-10)19(17,18)14-5-4-13(8-15)11(2)7-14/h4-5,7,10,12H,6,8-9,15H2,1-3H3. The number of hydrogen-bond acceptors (Lipinski definition) is 3. The number of hydrogen-bond donors (Lipinski definition) is 1. The highest BCUT2D eigenvalue weighted by molar-refractivity contribution is 7.89. The highest BCUT2D eigenvalue weighted by Gasteiger charge is 2.36. The van der Waals surface area contributed by atoms with E-state index >= 15 is 0 Å². The van der Waals surface area contributed by atoms with Crippen LogP contribution in [-0.2, 0) is 16.6 Å². The molecule has 1 aromatic carbocycles. The maximum atomic E-state index is 12.6. The molecule has 2 unspecified atom stereocenters. The lowest BCUT2D eigenvalue weighted by Gasteiger charge is -2.21. The molecule has 0 amide bonds. The molecule has 0 radical (unpaired) electrons. The predicted molar refractivity (Wildman–Crippen MR) is 76.2 cm³/mol. The molecule has 0 saturated carbocycles. The van der Waals surface area contributed by atoms with Crippen LogP contribution in [0.15, 0.2) is 23.1 Å². The molecule has 2 N–H and O–H groups in total. The van der Waals surface area contributed by atoms with Crippen LogP contribution in [0.1, 0.15) is 31.4 Å². The first-order valence-corrected chi connectivity index (χ1v) is 8.11.